The third-order valence-corrected chi connectivity index (χ3v) is 2.54. The van der Waals surface area contributed by atoms with Crippen LogP contribution in [0.3, 0.4) is 0 Å². The van der Waals surface area contributed by atoms with Gasteiger partial charge in [0.2, 0.25) is 0 Å². The molecule has 0 atom stereocenters. The normalized spacial score (nSPS) is 9.89. The molecular formula is C14H16N2O2. The summed E-state index contributed by atoms with van der Waals surface area (Å²) in [5.41, 5.74) is 4.46. The Kier molecular flexibility index (Phi) is 4.04. The second kappa shape index (κ2) is 5.93. The second-order valence-electron chi connectivity index (χ2n) is 3.81. The maximum absolute atomic E-state index is 5.68. The fourth-order valence-electron chi connectivity index (χ4n) is 1.60. The van der Waals surface area contributed by atoms with Crippen LogP contribution in [0.15, 0.2) is 48.5 Å². The fourth-order valence-corrected chi connectivity index (χ4v) is 1.60. The summed E-state index contributed by atoms with van der Waals surface area (Å²) in [4.78, 5) is 0. The van der Waals surface area contributed by atoms with Crippen LogP contribution >= 0.6 is 0 Å². The number of hydrazine groups is 1. The quantitative estimate of drug-likeness (QED) is 0.627. The molecule has 0 aromatic heterocycles. The first-order valence-corrected chi connectivity index (χ1v) is 5.64. The van der Waals surface area contributed by atoms with E-state index in [0.29, 0.717) is 6.61 Å². The Morgan fingerprint density at radius 1 is 1.06 bits per heavy atom. The first-order valence-electron chi connectivity index (χ1n) is 5.64. The molecule has 0 spiro atoms. The van der Waals surface area contributed by atoms with Gasteiger partial charge in [-0.15, -0.1) is 0 Å². The molecule has 0 aliphatic carbocycles. The number of ether oxygens (including phenoxy) is 2. The van der Waals surface area contributed by atoms with Crippen LogP contribution in [0.2, 0.25) is 0 Å². The van der Waals surface area contributed by atoms with Crippen molar-refractivity contribution in [3.63, 3.8) is 0 Å². The molecule has 18 heavy (non-hydrogen) atoms. The molecule has 2 rings (SSSR count). The van der Waals surface area contributed by atoms with Crippen LogP contribution < -0.4 is 20.7 Å². The maximum atomic E-state index is 5.68. The van der Waals surface area contributed by atoms with Gasteiger partial charge >= 0.3 is 0 Å². The first-order chi connectivity index (χ1) is 8.81. The zero-order valence-corrected chi connectivity index (χ0v) is 10.2. The number of hydrogen-bond acceptors (Lipinski definition) is 4. The molecule has 0 radical (unpaired) electrons. The summed E-state index contributed by atoms with van der Waals surface area (Å²) in [6, 6.07) is 15.3. The summed E-state index contributed by atoms with van der Waals surface area (Å²) in [5, 5.41) is 0. The topological polar surface area (TPSA) is 56.5 Å². The van der Waals surface area contributed by atoms with Crippen LogP contribution in [-0.2, 0) is 6.61 Å². The lowest BCUT2D eigenvalue weighted by Gasteiger charge is -2.08. The highest BCUT2D eigenvalue weighted by atomic mass is 16.5. The summed E-state index contributed by atoms with van der Waals surface area (Å²) in [6.07, 6.45) is 0. The minimum absolute atomic E-state index is 0.491. The van der Waals surface area contributed by atoms with Crippen molar-refractivity contribution in [2.75, 3.05) is 12.5 Å². The fraction of sp³-hybridized carbons (Fsp3) is 0.143. The van der Waals surface area contributed by atoms with E-state index in [-0.39, 0.29) is 0 Å². The van der Waals surface area contributed by atoms with Gasteiger partial charge in [0.05, 0.1) is 12.8 Å². The highest BCUT2D eigenvalue weighted by molar-refractivity contribution is 5.47. The van der Waals surface area contributed by atoms with E-state index in [9.17, 15) is 0 Å². The SMILES string of the molecule is COc1cccc(COc2cccc(NN)c2)c1. The van der Waals surface area contributed by atoms with Crippen molar-refractivity contribution in [1.82, 2.24) is 0 Å². The molecule has 0 amide bonds. The van der Waals surface area contributed by atoms with Crippen molar-refractivity contribution in [3.8, 4) is 11.5 Å². The predicted octanol–water partition coefficient (Wildman–Crippen LogP) is 2.56. The molecule has 94 valence electrons. The molecule has 0 aliphatic heterocycles. The Morgan fingerprint density at radius 2 is 1.83 bits per heavy atom. The van der Waals surface area contributed by atoms with Crippen LogP contribution in [-0.4, -0.2) is 7.11 Å². The van der Waals surface area contributed by atoms with Crippen molar-refractivity contribution < 1.29 is 9.47 Å². The third kappa shape index (κ3) is 3.15. The van der Waals surface area contributed by atoms with Crippen LogP contribution in [0.25, 0.3) is 0 Å². The zero-order chi connectivity index (χ0) is 12.8. The van der Waals surface area contributed by atoms with Gasteiger partial charge < -0.3 is 14.9 Å². The molecule has 4 heteroatoms. The molecule has 0 heterocycles. The first kappa shape index (κ1) is 12.3. The summed E-state index contributed by atoms with van der Waals surface area (Å²) in [5.74, 6) is 6.94. The number of nitrogens with two attached hydrogens (primary N) is 1. The molecule has 0 saturated carbocycles. The van der Waals surface area contributed by atoms with Gasteiger partial charge in [-0.1, -0.05) is 18.2 Å². The highest BCUT2D eigenvalue weighted by Gasteiger charge is 1.99. The van der Waals surface area contributed by atoms with Crippen LogP contribution in [0.4, 0.5) is 5.69 Å². The summed E-state index contributed by atoms with van der Waals surface area (Å²) in [7, 11) is 1.65. The summed E-state index contributed by atoms with van der Waals surface area (Å²) < 4.78 is 10.8. The average Bonchev–Trinajstić information content (AvgIpc) is 2.45. The largest absolute Gasteiger partial charge is 0.497 e. The van der Waals surface area contributed by atoms with Crippen LogP contribution in [0.1, 0.15) is 5.56 Å². The number of anilines is 1. The summed E-state index contributed by atoms with van der Waals surface area (Å²) in [6.45, 7) is 0.491. The molecule has 0 fully saturated rings. The van der Waals surface area contributed by atoms with Gasteiger partial charge in [-0.05, 0) is 29.8 Å². The molecule has 0 aliphatic rings. The van der Waals surface area contributed by atoms with E-state index in [1.54, 1.807) is 7.11 Å². The minimum atomic E-state index is 0.491. The molecular weight excluding hydrogens is 228 g/mol. The highest BCUT2D eigenvalue weighted by Crippen LogP contribution is 2.19. The predicted molar refractivity (Wildman–Crippen MR) is 71.6 cm³/mol. The van der Waals surface area contributed by atoms with Gasteiger partial charge in [0, 0.05) is 6.07 Å². The van der Waals surface area contributed by atoms with Gasteiger partial charge in [-0.2, -0.15) is 0 Å². The lowest BCUT2D eigenvalue weighted by Crippen LogP contribution is -2.06. The standard InChI is InChI=1S/C14H16N2O2/c1-17-13-6-2-4-11(8-13)10-18-14-7-3-5-12(9-14)16-15/h2-9,16H,10,15H2,1H3. The molecule has 2 aromatic rings. The number of methoxy groups -OCH3 is 1. The van der Waals surface area contributed by atoms with E-state index in [2.05, 4.69) is 5.43 Å². The monoisotopic (exact) mass is 244 g/mol. The van der Waals surface area contributed by atoms with Crippen LogP contribution in [0, 0.1) is 0 Å². The van der Waals surface area contributed by atoms with Gasteiger partial charge in [0.25, 0.3) is 0 Å². The second-order valence-corrected chi connectivity index (χ2v) is 3.81. The Labute approximate surface area is 106 Å². The molecule has 3 N–H and O–H groups in total. The lowest BCUT2D eigenvalue weighted by atomic mass is 10.2. The van der Waals surface area contributed by atoms with Gasteiger partial charge in [-0.25, -0.2) is 0 Å². The van der Waals surface area contributed by atoms with Crippen molar-refractivity contribution >= 4 is 5.69 Å². The van der Waals surface area contributed by atoms with E-state index < -0.39 is 0 Å². The van der Waals surface area contributed by atoms with E-state index in [4.69, 9.17) is 15.3 Å². The van der Waals surface area contributed by atoms with Crippen molar-refractivity contribution in [2.45, 2.75) is 6.61 Å². The van der Waals surface area contributed by atoms with Crippen molar-refractivity contribution in [2.24, 2.45) is 5.84 Å². The molecule has 0 bridgehead atoms. The lowest BCUT2D eigenvalue weighted by molar-refractivity contribution is 0.305. The average molecular weight is 244 g/mol. The number of nitrogen functional groups attached to an aromatic ring is 1. The summed E-state index contributed by atoms with van der Waals surface area (Å²) >= 11 is 0. The smallest absolute Gasteiger partial charge is 0.121 e. The number of benzene rings is 2. The van der Waals surface area contributed by atoms with Crippen molar-refractivity contribution in [1.29, 1.82) is 0 Å². The van der Waals surface area contributed by atoms with E-state index in [1.807, 2.05) is 48.5 Å². The number of rotatable bonds is 5. The third-order valence-electron chi connectivity index (χ3n) is 2.54. The minimum Gasteiger partial charge on any atom is -0.497 e. The molecule has 0 unspecified atom stereocenters. The molecule has 0 saturated heterocycles. The molecule has 4 nitrogen and oxygen atoms in total. The number of hydrogen-bond donors (Lipinski definition) is 2. The molecule has 2 aromatic carbocycles. The number of nitrogens with one attached hydrogen (secondary N) is 1. The van der Waals surface area contributed by atoms with Crippen LogP contribution in [0.5, 0.6) is 11.5 Å². The Morgan fingerprint density at radius 3 is 2.61 bits per heavy atom. The van der Waals surface area contributed by atoms with E-state index in [1.165, 1.54) is 0 Å². The van der Waals surface area contributed by atoms with E-state index in [0.717, 1.165) is 22.7 Å². The van der Waals surface area contributed by atoms with Gasteiger partial charge in [-0.3, -0.25) is 5.84 Å². The van der Waals surface area contributed by atoms with Gasteiger partial charge in [0.15, 0.2) is 0 Å². The van der Waals surface area contributed by atoms with Gasteiger partial charge in [0.1, 0.15) is 18.1 Å². The Balaban J connectivity index is 2.01. The Hall–Kier alpha value is -2.20. The maximum Gasteiger partial charge on any atom is 0.121 e. The Bertz CT molecular complexity index is 467. The zero-order valence-electron chi connectivity index (χ0n) is 10.2. The van der Waals surface area contributed by atoms with Crippen molar-refractivity contribution in [3.05, 3.63) is 54.1 Å². The van der Waals surface area contributed by atoms with E-state index >= 15 is 0 Å².